The second-order valence-electron chi connectivity index (χ2n) is 4.66. The first-order chi connectivity index (χ1) is 9.54. The van der Waals surface area contributed by atoms with E-state index in [4.69, 9.17) is 17.3 Å². The Balaban J connectivity index is 1.94. The zero-order chi connectivity index (χ0) is 14.3. The molecule has 0 radical (unpaired) electrons. The molecule has 0 saturated carbocycles. The highest BCUT2D eigenvalue weighted by atomic mass is 35.5. The summed E-state index contributed by atoms with van der Waals surface area (Å²) >= 11 is 5.81. The Kier molecular flexibility index (Phi) is 3.10. The van der Waals surface area contributed by atoms with Gasteiger partial charge in [0.05, 0.1) is 28.8 Å². The zero-order valence-corrected chi connectivity index (χ0v) is 11.6. The predicted molar refractivity (Wildman–Crippen MR) is 76.1 cm³/mol. The van der Waals surface area contributed by atoms with Crippen molar-refractivity contribution < 1.29 is 4.39 Å². The summed E-state index contributed by atoms with van der Waals surface area (Å²) in [6.07, 6.45) is 3.74. The third-order valence-electron chi connectivity index (χ3n) is 3.13. The monoisotopic (exact) mass is 293 g/mol. The van der Waals surface area contributed by atoms with Crippen LogP contribution in [0.25, 0.3) is 11.0 Å². The zero-order valence-electron chi connectivity index (χ0n) is 10.8. The summed E-state index contributed by atoms with van der Waals surface area (Å²) in [6.45, 7) is 3.22. The molecule has 0 unspecified atom stereocenters. The minimum atomic E-state index is -0.494. The van der Waals surface area contributed by atoms with Crippen LogP contribution in [0, 0.1) is 12.7 Å². The lowest BCUT2D eigenvalue weighted by Crippen LogP contribution is -2.10. The van der Waals surface area contributed by atoms with Gasteiger partial charge in [0.15, 0.2) is 0 Å². The highest BCUT2D eigenvalue weighted by Gasteiger charge is 2.11. The van der Waals surface area contributed by atoms with E-state index in [1.165, 1.54) is 6.07 Å². The van der Waals surface area contributed by atoms with Gasteiger partial charge in [0.1, 0.15) is 5.82 Å². The van der Waals surface area contributed by atoms with Gasteiger partial charge in [-0.2, -0.15) is 5.10 Å². The number of nitrogens with zero attached hydrogens (tertiary/aromatic N) is 4. The molecule has 7 heteroatoms. The number of hydrogen-bond donors (Lipinski definition) is 1. The average Bonchev–Trinajstić information content (AvgIpc) is 2.92. The topological polar surface area (TPSA) is 61.7 Å². The molecule has 0 amide bonds. The number of hydrogen-bond acceptors (Lipinski definition) is 3. The van der Waals surface area contributed by atoms with Crippen molar-refractivity contribution in [2.75, 3.05) is 5.73 Å². The van der Waals surface area contributed by atoms with Crippen molar-refractivity contribution in [1.29, 1.82) is 0 Å². The molecule has 0 aliphatic heterocycles. The summed E-state index contributed by atoms with van der Waals surface area (Å²) in [4.78, 5) is 4.14. The Bertz CT molecular complexity index is 777. The molecule has 2 aromatic heterocycles. The molecule has 0 aliphatic rings. The van der Waals surface area contributed by atoms with Crippen LogP contribution in [-0.2, 0) is 13.1 Å². The fraction of sp³-hybridized carbons (Fsp3) is 0.231. The maximum atomic E-state index is 13.4. The number of aryl methyl sites for hydroxylation is 3. The summed E-state index contributed by atoms with van der Waals surface area (Å²) in [5.41, 5.74) is 8.20. The third-order valence-corrected chi connectivity index (χ3v) is 3.42. The van der Waals surface area contributed by atoms with Crippen molar-refractivity contribution in [1.82, 2.24) is 19.3 Å². The van der Waals surface area contributed by atoms with Gasteiger partial charge in [0, 0.05) is 18.8 Å². The van der Waals surface area contributed by atoms with Crippen LogP contribution >= 0.6 is 11.6 Å². The van der Waals surface area contributed by atoms with Crippen LogP contribution in [-0.4, -0.2) is 19.3 Å². The minimum absolute atomic E-state index is 0.0635. The van der Waals surface area contributed by atoms with E-state index in [-0.39, 0.29) is 5.02 Å². The number of halogens is 2. The van der Waals surface area contributed by atoms with Crippen molar-refractivity contribution in [3.63, 3.8) is 0 Å². The fourth-order valence-corrected chi connectivity index (χ4v) is 2.32. The van der Waals surface area contributed by atoms with Crippen molar-refractivity contribution >= 4 is 28.6 Å². The third kappa shape index (κ3) is 2.22. The molecule has 104 valence electrons. The van der Waals surface area contributed by atoms with Gasteiger partial charge in [-0.1, -0.05) is 11.6 Å². The van der Waals surface area contributed by atoms with Crippen molar-refractivity contribution in [3.05, 3.63) is 40.9 Å². The first-order valence-electron chi connectivity index (χ1n) is 6.14. The van der Waals surface area contributed by atoms with Crippen LogP contribution in [0.5, 0.6) is 0 Å². The molecule has 0 spiro atoms. The smallest absolute Gasteiger partial charge is 0.201 e. The SMILES string of the molecule is Cc1cnn(CCn2c(N)nc3cc(F)c(Cl)cc32)c1. The molecule has 3 aromatic rings. The van der Waals surface area contributed by atoms with Crippen LogP contribution < -0.4 is 5.73 Å². The Morgan fingerprint density at radius 2 is 2.15 bits per heavy atom. The normalized spacial score (nSPS) is 11.3. The van der Waals surface area contributed by atoms with Gasteiger partial charge >= 0.3 is 0 Å². The summed E-state index contributed by atoms with van der Waals surface area (Å²) in [7, 11) is 0. The molecule has 2 heterocycles. The summed E-state index contributed by atoms with van der Waals surface area (Å²) in [6, 6.07) is 2.84. The summed E-state index contributed by atoms with van der Waals surface area (Å²) in [5.74, 6) is -0.155. The Morgan fingerprint density at radius 1 is 1.35 bits per heavy atom. The highest BCUT2D eigenvalue weighted by Crippen LogP contribution is 2.24. The number of fused-ring (bicyclic) bond motifs is 1. The number of anilines is 1. The number of nitrogen functional groups attached to an aromatic ring is 1. The van der Waals surface area contributed by atoms with Gasteiger partial charge in [-0.15, -0.1) is 0 Å². The van der Waals surface area contributed by atoms with E-state index >= 15 is 0 Å². The molecule has 0 bridgehead atoms. The van der Waals surface area contributed by atoms with Gasteiger partial charge in [-0.25, -0.2) is 9.37 Å². The molecular weight excluding hydrogens is 281 g/mol. The van der Waals surface area contributed by atoms with Crippen molar-refractivity contribution in [2.24, 2.45) is 0 Å². The number of imidazole rings is 1. The van der Waals surface area contributed by atoms with Gasteiger partial charge in [-0.05, 0) is 18.6 Å². The second kappa shape index (κ2) is 4.79. The predicted octanol–water partition coefficient (Wildman–Crippen LogP) is 2.62. The first kappa shape index (κ1) is 12.9. The molecule has 0 atom stereocenters. The Hall–Kier alpha value is -2.08. The van der Waals surface area contributed by atoms with Crippen molar-refractivity contribution in [3.8, 4) is 0 Å². The van der Waals surface area contributed by atoms with E-state index in [1.807, 2.05) is 17.8 Å². The lowest BCUT2D eigenvalue weighted by Gasteiger charge is -2.07. The first-order valence-corrected chi connectivity index (χ1v) is 6.52. The van der Waals surface area contributed by atoms with E-state index in [1.54, 1.807) is 16.8 Å². The number of rotatable bonds is 3. The van der Waals surface area contributed by atoms with E-state index in [0.29, 0.717) is 24.6 Å². The molecule has 2 N–H and O–H groups in total. The minimum Gasteiger partial charge on any atom is -0.369 e. The second-order valence-corrected chi connectivity index (χ2v) is 5.06. The van der Waals surface area contributed by atoms with Crippen LogP contribution in [0.1, 0.15) is 5.56 Å². The Labute approximate surface area is 119 Å². The van der Waals surface area contributed by atoms with Gasteiger partial charge < -0.3 is 10.3 Å². The van der Waals surface area contributed by atoms with Gasteiger partial charge in [-0.3, -0.25) is 4.68 Å². The van der Waals surface area contributed by atoms with Gasteiger partial charge in [0.2, 0.25) is 5.95 Å². The van der Waals surface area contributed by atoms with Crippen LogP contribution in [0.15, 0.2) is 24.5 Å². The largest absolute Gasteiger partial charge is 0.369 e. The quantitative estimate of drug-likeness (QED) is 0.807. The molecule has 0 fully saturated rings. The van der Waals surface area contributed by atoms with E-state index in [2.05, 4.69) is 10.1 Å². The van der Waals surface area contributed by atoms with Crippen molar-refractivity contribution in [2.45, 2.75) is 20.0 Å². The molecular formula is C13H13ClFN5. The van der Waals surface area contributed by atoms with Gasteiger partial charge in [0.25, 0.3) is 0 Å². The standard InChI is InChI=1S/C13H13ClFN5/c1-8-6-17-19(7-8)2-3-20-12-4-9(14)10(15)5-11(12)18-13(20)16/h4-7H,2-3H2,1H3,(H2,16,18). The molecule has 0 aliphatic carbocycles. The molecule has 0 saturated heterocycles. The average molecular weight is 294 g/mol. The number of nitrogens with two attached hydrogens (primary N) is 1. The number of benzene rings is 1. The highest BCUT2D eigenvalue weighted by molar-refractivity contribution is 6.31. The molecule has 3 rings (SSSR count). The summed E-state index contributed by atoms with van der Waals surface area (Å²) in [5, 5.41) is 4.28. The maximum absolute atomic E-state index is 13.4. The summed E-state index contributed by atoms with van der Waals surface area (Å²) < 4.78 is 17.0. The van der Waals surface area contributed by atoms with Crippen LogP contribution in [0.2, 0.25) is 5.02 Å². The lowest BCUT2D eigenvalue weighted by atomic mass is 10.3. The lowest BCUT2D eigenvalue weighted by molar-refractivity contribution is 0.544. The fourth-order valence-electron chi connectivity index (χ4n) is 2.17. The molecule has 1 aromatic carbocycles. The van der Waals surface area contributed by atoms with E-state index in [9.17, 15) is 4.39 Å². The van der Waals surface area contributed by atoms with E-state index in [0.717, 1.165) is 11.1 Å². The van der Waals surface area contributed by atoms with Crippen LogP contribution in [0.3, 0.4) is 0 Å². The molecule has 5 nitrogen and oxygen atoms in total. The van der Waals surface area contributed by atoms with E-state index < -0.39 is 5.82 Å². The maximum Gasteiger partial charge on any atom is 0.201 e. The Morgan fingerprint density at radius 3 is 2.85 bits per heavy atom. The van der Waals surface area contributed by atoms with Crippen LogP contribution in [0.4, 0.5) is 10.3 Å². The molecule has 20 heavy (non-hydrogen) atoms. The number of aromatic nitrogens is 4.